The molecule has 0 unspecified atom stereocenters. The molecule has 0 aliphatic carbocycles. The summed E-state index contributed by atoms with van der Waals surface area (Å²) < 4.78 is 4.64. The zero-order chi connectivity index (χ0) is 11.3. The second kappa shape index (κ2) is 5.51. The summed E-state index contributed by atoms with van der Waals surface area (Å²) in [4.78, 5) is 15.3. The summed E-state index contributed by atoms with van der Waals surface area (Å²) in [5.74, 6) is -0.110. The van der Waals surface area contributed by atoms with E-state index >= 15 is 0 Å². The highest BCUT2D eigenvalue weighted by Crippen LogP contribution is 2.13. The molecule has 0 saturated carbocycles. The van der Waals surface area contributed by atoms with Crippen LogP contribution in [0.25, 0.3) is 0 Å². The minimum atomic E-state index is -0.449. The number of methoxy groups -OCH3 is 1. The van der Waals surface area contributed by atoms with Gasteiger partial charge in [0.15, 0.2) is 5.71 Å². The van der Waals surface area contributed by atoms with E-state index in [1.165, 1.54) is 7.11 Å². The molecule has 0 aliphatic heterocycles. The third kappa shape index (κ3) is 2.57. The van der Waals surface area contributed by atoms with Gasteiger partial charge in [0.2, 0.25) is 0 Å². The number of hydrogen-bond donors (Lipinski definition) is 0. The maximum Gasteiger partial charge on any atom is 0.356 e. The smallest absolute Gasteiger partial charge is 0.356 e. The standard InChI is InChI=1S/C11H12ClNO2/c1-13-10(11(14)15-2)9-6-4-3-5-8(9)7-12/h3-6H,7H2,1-2H3. The maximum absolute atomic E-state index is 11.4. The maximum atomic E-state index is 11.4. The molecule has 0 N–H and O–H groups in total. The molecule has 0 radical (unpaired) electrons. The Hall–Kier alpha value is -1.35. The molecule has 3 nitrogen and oxygen atoms in total. The first-order valence-corrected chi connectivity index (χ1v) is 4.97. The van der Waals surface area contributed by atoms with Gasteiger partial charge in [-0.1, -0.05) is 24.3 Å². The first kappa shape index (κ1) is 11.7. The molecule has 1 aromatic rings. The van der Waals surface area contributed by atoms with E-state index in [-0.39, 0.29) is 0 Å². The highest BCUT2D eigenvalue weighted by atomic mass is 35.5. The number of benzene rings is 1. The summed E-state index contributed by atoms with van der Waals surface area (Å²) in [7, 11) is 2.88. The van der Waals surface area contributed by atoms with Crippen LogP contribution in [0.3, 0.4) is 0 Å². The third-order valence-electron chi connectivity index (χ3n) is 2.02. The number of carbonyl (C=O) groups excluding carboxylic acids is 1. The molecule has 15 heavy (non-hydrogen) atoms. The predicted molar refractivity (Wildman–Crippen MR) is 60.5 cm³/mol. The third-order valence-corrected chi connectivity index (χ3v) is 2.31. The van der Waals surface area contributed by atoms with Crippen LogP contribution in [0.4, 0.5) is 0 Å². The highest BCUT2D eigenvalue weighted by Gasteiger charge is 2.15. The highest BCUT2D eigenvalue weighted by molar-refractivity contribution is 6.43. The molecule has 4 heteroatoms. The average Bonchev–Trinajstić information content (AvgIpc) is 2.30. The van der Waals surface area contributed by atoms with E-state index in [2.05, 4.69) is 9.73 Å². The van der Waals surface area contributed by atoms with E-state index in [9.17, 15) is 4.79 Å². The number of hydrogen-bond acceptors (Lipinski definition) is 3. The van der Waals surface area contributed by atoms with Crippen molar-refractivity contribution < 1.29 is 9.53 Å². The van der Waals surface area contributed by atoms with Gasteiger partial charge in [-0.3, -0.25) is 4.99 Å². The van der Waals surface area contributed by atoms with Gasteiger partial charge in [-0.15, -0.1) is 11.6 Å². The van der Waals surface area contributed by atoms with Crippen molar-refractivity contribution in [3.63, 3.8) is 0 Å². The summed E-state index contributed by atoms with van der Waals surface area (Å²) in [6.07, 6.45) is 0. The second-order valence-corrected chi connectivity index (χ2v) is 3.12. The van der Waals surface area contributed by atoms with Crippen LogP contribution in [0.5, 0.6) is 0 Å². The topological polar surface area (TPSA) is 38.7 Å². The fourth-order valence-corrected chi connectivity index (χ4v) is 1.52. The first-order valence-electron chi connectivity index (χ1n) is 4.44. The zero-order valence-corrected chi connectivity index (χ0v) is 9.41. The summed E-state index contributed by atoms with van der Waals surface area (Å²) in [5.41, 5.74) is 1.89. The zero-order valence-electron chi connectivity index (χ0n) is 8.66. The van der Waals surface area contributed by atoms with Crippen LogP contribution >= 0.6 is 11.6 Å². The molecule has 0 aliphatic rings. The van der Waals surface area contributed by atoms with Gasteiger partial charge < -0.3 is 4.74 Å². The molecule has 0 fully saturated rings. The summed E-state index contributed by atoms with van der Waals surface area (Å²) >= 11 is 5.77. The Labute approximate surface area is 93.7 Å². The lowest BCUT2D eigenvalue weighted by Crippen LogP contribution is -2.18. The average molecular weight is 226 g/mol. The number of ether oxygens (including phenoxy) is 1. The summed E-state index contributed by atoms with van der Waals surface area (Å²) in [6.45, 7) is 0. The molecule has 1 aromatic carbocycles. The second-order valence-electron chi connectivity index (χ2n) is 2.85. The van der Waals surface area contributed by atoms with Crippen LogP contribution in [-0.2, 0) is 15.4 Å². The fourth-order valence-electron chi connectivity index (χ4n) is 1.29. The summed E-state index contributed by atoms with van der Waals surface area (Å²) in [6, 6.07) is 7.36. The monoisotopic (exact) mass is 225 g/mol. The number of carbonyl (C=O) groups is 1. The van der Waals surface area contributed by atoms with Crippen LogP contribution in [0.1, 0.15) is 11.1 Å². The number of halogens is 1. The van der Waals surface area contributed by atoms with Crippen LogP contribution < -0.4 is 0 Å². The van der Waals surface area contributed by atoms with Gasteiger partial charge in [-0.2, -0.15) is 0 Å². The number of esters is 1. The lowest BCUT2D eigenvalue weighted by Gasteiger charge is -2.07. The molecule has 0 spiro atoms. The Bertz CT molecular complexity index is 388. The van der Waals surface area contributed by atoms with Gasteiger partial charge >= 0.3 is 5.97 Å². The predicted octanol–water partition coefficient (Wildman–Crippen LogP) is 2.02. The number of aliphatic imine (C=N–C) groups is 1. The molecule has 0 aromatic heterocycles. The Morgan fingerprint density at radius 1 is 1.47 bits per heavy atom. The van der Waals surface area contributed by atoms with Crippen LogP contribution in [0.15, 0.2) is 29.3 Å². The first-order chi connectivity index (χ1) is 7.24. The quantitative estimate of drug-likeness (QED) is 0.449. The van der Waals surface area contributed by atoms with E-state index in [1.54, 1.807) is 13.1 Å². The minimum absolute atomic E-state index is 0.300. The molecule has 0 saturated heterocycles. The number of alkyl halides is 1. The molecule has 0 atom stereocenters. The van der Waals surface area contributed by atoms with E-state index < -0.39 is 5.97 Å². The Kier molecular flexibility index (Phi) is 4.31. The van der Waals surface area contributed by atoms with E-state index in [4.69, 9.17) is 11.6 Å². The normalized spacial score (nSPS) is 11.3. The van der Waals surface area contributed by atoms with Crippen molar-refractivity contribution in [1.82, 2.24) is 0 Å². The SMILES string of the molecule is CN=C(C(=O)OC)c1ccccc1CCl. The Balaban J connectivity index is 3.18. The van der Waals surface area contributed by atoms with Crippen molar-refractivity contribution >= 4 is 23.3 Å². The minimum Gasteiger partial charge on any atom is -0.464 e. The van der Waals surface area contributed by atoms with Gasteiger partial charge in [0.25, 0.3) is 0 Å². The molecule has 1 rings (SSSR count). The Morgan fingerprint density at radius 3 is 2.67 bits per heavy atom. The van der Waals surface area contributed by atoms with Gasteiger partial charge in [0.05, 0.1) is 7.11 Å². The van der Waals surface area contributed by atoms with E-state index in [0.717, 1.165) is 11.1 Å². The molecular formula is C11H12ClNO2. The van der Waals surface area contributed by atoms with Crippen molar-refractivity contribution in [3.8, 4) is 0 Å². The van der Waals surface area contributed by atoms with Crippen molar-refractivity contribution in [2.75, 3.05) is 14.2 Å². The lowest BCUT2D eigenvalue weighted by atomic mass is 10.0. The van der Waals surface area contributed by atoms with Gasteiger partial charge in [-0.25, -0.2) is 4.79 Å². The number of nitrogens with zero attached hydrogens (tertiary/aromatic N) is 1. The van der Waals surface area contributed by atoms with Crippen LogP contribution in [-0.4, -0.2) is 25.8 Å². The number of rotatable bonds is 3. The van der Waals surface area contributed by atoms with E-state index in [1.807, 2.05) is 18.2 Å². The Morgan fingerprint density at radius 2 is 2.13 bits per heavy atom. The van der Waals surface area contributed by atoms with Crippen molar-refractivity contribution in [3.05, 3.63) is 35.4 Å². The van der Waals surface area contributed by atoms with Gasteiger partial charge in [0, 0.05) is 18.5 Å². The van der Waals surface area contributed by atoms with Crippen molar-refractivity contribution in [2.45, 2.75) is 5.88 Å². The molecule has 0 heterocycles. The fraction of sp³-hybridized carbons (Fsp3) is 0.273. The van der Waals surface area contributed by atoms with Crippen LogP contribution in [0, 0.1) is 0 Å². The lowest BCUT2D eigenvalue weighted by molar-refractivity contribution is -0.132. The van der Waals surface area contributed by atoms with Gasteiger partial charge in [-0.05, 0) is 5.56 Å². The van der Waals surface area contributed by atoms with E-state index in [0.29, 0.717) is 11.6 Å². The largest absolute Gasteiger partial charge is 0.464 e. The van der Waals surface area contributed by atoms with Crippen molar-refractivity contribution in [1.29, 1.82) is 0 Å². The van der Waals surface area contributed by atoms with Crippen LogP contribution in [0.2, 0.25) is 0 Å². The molecule has 0 amide bonds. The van der Waals surface area contributed by atoms with Gasteiger partial charge in [0.1, 0.15) is 0 Å². The van der Waals surface area contributed by atoms with Crippen molar-refractivity contribution in [2.24, 2.45) is 4.99 Å². The summed E-state index contributed by atoms with van der Waals surface area (Å²) in [5, 5.41) is 0. The molecular weight excluding hydrogens is 214 g/mol. The molecule has 80 valence electrons. The molecule has 0 bridgehead atoms.